The molecule has 1 aromatic heterocycles. The largest absolute Gasteiger partial charge is 0.424 e. The zero-order valence-electron chi connectivity index (χ0n) is 9.69. The zero-order valence-corrected chi connectivity index (χ0v) is 11.3. The molecule has 0 unspecified atom stereocenters. The molecular formula is C13H12BrN3O. The van der Waals surface area contributed by atoms with Crippen molar-refractivity contribution in [2.75, 3.05) is 5.73 Å². The van der Waals surface area contributed by atoms with E-state index in [1.807, 2.05) is 6.07 Å². The topological polar surface area (TPSA) is 61.0 Å². The summed E-state index contributed by atoms with van der Waals surface area (Å²) in [6.45, 7) is 0. The fourth-order valence-electron chi connectivity index (χ4n) is 2.18. The molecule has 0 radical (unpaired) electrons. The van der Waals surface area contributed by atoms with E-state index in [4.69, 9.17) is 10.5 Å². The van der Waals surface area contributed by atoms with Gasteiger partial charge in [0.15, 0.2) is 0 Å². The lowest BCUT2D eigenvalue weighted by Crippen LogP contribution is -1.97. The number of rotatable bonds is 2. The second-order valence-corrected chi connectivity index (χ2v) is 5.10. The number of halogens is 1. The van der Waals surface area contributed by atoms with Gasteiger partial charge in [-0.05, 0) is 58.5 Å². The van der Waals surface area contributed by atoms with Gasteiger partial charge < -0.3 is 10.5 Å². The summed E-state index contributed by atoms with van der Waals surface area (Å²) in [6, 6.07) is 8.02. The smallest absolute Gasteiger partial charge is 0.325 e. The highest BCUT2D eigenvalue weighted by Gasteiger charge is 2.12. The Morgan fingerprint density at radius 2 is 1.94 bits per heavy atom. The number of benzene rings is 1. The molecule has 0 atom stereocenters. The van der Waals surface area contributed by atoms with E-state index in [1.54, 1.807) is 6.07 Å². The molecule has 1 aromatic carbocycles. The summed E-state index contributed by atoms with van der Waals surface area (Å²) in [4.78, 5) is 8.16. The first-order valence-corrected chi connectivity index (χ1v) is 6.60. The van der Waals surface area contributed by atoms with Crippen LogP contribution in [0.3, 0.4) is 0 Å². The van der Waals surface area contributed by atoms with Crippen molar-refractivity contribution >= 4 is 21.7 Å². The van der Waals surface area contributed by atoms with Crippen LogP contribution in [0.4, 0.5) is 5.82 Å². The van der Waals surface area contributed by atoms with E-state index >= 15 is 0 Å². The minimum Gasteiger partial charge on any atom is -0.424 e. The first-order valence-electron chi connectivity index (χ1n) is 5.80. The number of anilines is 1. The van der Waals surface area contributed by atoms with Crippen molar-refractivity contribution in [3.05, 3.63) is 40.0 Å². The Bertz CT molecular complexity index is 581. The molecule has 0 saturated carbocycles. The fraction of sp³-hybridized carbons (Fsp3) is 0.231. The Labute approximate surface area is 113 Å². The van der Waals surface area contributed by atoms with Crippen LogP contribution in [0.25, 0.3) is 0 Å². The van der Waals surface area contributed by atoms with Crippen molar-refractivity contribution in [2.24, 2.45) is 0 Å². The second kappa shape index (κ2) is 4.57. The molecule has 4 nitrogen and oxygen atoms in total. The maximum Gasteiger partial charge on any atom is 0.325 e. The third-order valence-electron chi connectivity index (χ3n) is 2.97. The Kier molecular flexibility index (Phi) is 2.91. The number of hydrogen-bond donors (Lipinski definition) is 1. The van der Waals surface area contributed by atoms with Gasteiger partial charge in [-0.1, -0.05) is 6.07 Å². The van der Waals surface area contributed by atoms with Gasteiger partial charge in [-0.15, -0.1) is 0 Å². The lowest BCUT2D eigenvalue weighted by atomic mass is 10.1. The average molecular weight is 306 g/mol. The fourth-order valence-corrected chi connectivity index (χ4v) is 2.56. The summed E-state index contributed by atoms with van der Waals surface area (Å²) in [5.74, 6) is 1.14. The predicted octanol–water partition coefficient (Wildman–Crippen LogP) is 3.10. The Balaban J connectivity index is 1.88. The lowest BCUT2D eigenvalue weighted by Gasteiger charge is -2.06. The van der Waals surface area contributed by atoms with Crippen LogP contribution in [0.5, 0.6) is 11.8 Å². The molecule has 0 spiro atoms. The minimum absolute atomic E-state index is 0.264. The van der Waals surface area contributed by atoms with Gasteiger partial charge in [-0.3, -0.25) is 0 Å². The quantitative estimate of drug-likeness (QED) is 0.866. The first-order chi connectivity index (χ1) is 8.70. The molecule has 1 heterocycles. The highest BCUT2D eigenvalue weighted by atomic mass is 79.9. The molecule has 18 heavy (non-hydrogen) atoms. The van der Waals surface area contributed by atoms with Crippen LogP contribution in [0.1, 0.15) is 17.5 Å². The van der Waals surface area contributed by atoms with E-state index < -0.39 is 0 Å². The molecule has 1 aliphatic rings. The number of hydrogen-bond acceptors (Lipinski definition) is 4. The van der Waals surface area contributed by atoms with Crippen LogP contribution < -0.4 is 10.5 Å². The van der Waals surface area contributed by atoms with Gasteiger partial charge in [0.05, 0.1) is 0 Å². The Hall–Kier alpha value is -1.62. The van der Waals surface area contributed by atoms with E-state index in [0.717, 1.165) is 18.6 Å². The summed E-state index contributed by atoms with van der Waals surface area (Å²) in [5.41, 5.74) is 8.41. The molecule has 2 aromatic rings. The summed E-state index contributed by atoms with van der Waals surface area (Å²) in [7, 11) is 0. The number of ether oxygens (including phenoxy) is 1. The van der Waals surface area contributed by atoms with Crippen molar-refractivity contribution in [3.8, 4) is 11.8 Å². The first kappa shape index (κ1) is 11.5. The van der Waals surface area contributed by atoms with Crippen LogP contribution >= 0.6 is 15.9 Å². The van der Waals surface area contributed by atoms with Gasteiger partial charge in [-0.25, -0.2) is 0 Å². The number of nitrogen functional groups attached to an aromatic ring is 1. The van der Waals surface area contributed by atoms with E-state index in [9.17, 15) is 0 Å². The normalized spacial score (nSPS) is 13.4. The second-order valence-electron chi connectivity index (χ2n) is 4.28. The third kappa shape index (κ3) is 2.31. The molecule has 3 rings (SSSR count). The monoisotopic (exact) mass is 305 g/mol. The summed E-state index contributed by atoms with van der Waals surface area (Å²) >= 11 is 3.26. The predicted molar refractivity (Wildman–Crippen MR) is 72.7 cm³/mol. The number of fused-ring (bicyclic) bond motifs is 1. The van der Waals surface area contributed by atoms with Gasteiger partial charge in [-0.2, -0.15) is 9.97 Å². The molecule has 0 saturated heterocycles. The van der Waals surface area contributed by atoms with Crippen molar-refractivity contribution < 1.29 is 4.74 Å². The van der Waals surface area contributed by atoms with Crippen molar-refractivity contribution in [1.82, 2.24) is 9.97 Å². The molecule has 0 amide bonds. The van der Waals surface area contributed by atoms with Crippen LogP contribution in [-0.2, 0) is 12.8 Å². The molecule has 5 heteroatoms. The number of nitrogens with zero attached hydrogens (tertiary/aromatic N) is 2. The molecule has 1 aliphatic carbocycles. The van der Waals surface area contributed by atoms with Crippen LogP contribution in [-0.4, -0.2) is 9.97 Å². The van der Waals surface area contributed by atoms with Crippen molar-refractivity contribution in [1.29, 1.82) is 0 Å². The maximum absolute atomic E-state index is 5.64. The molecular weight excluding hydrogens is 294 g/mol. The minimum atomic E-state index is 0.264. The van der Waals surface area contributed by atoms with Crippen LogP contribution in [0, 0.1) is 0 Å². The van der Waals surface area contributed by atoms with Crippen molar-refractivity contribution in [2.45, 2.75) is 19.3 Å². The third-order valence-corrected chi connectivity index (χ3v) is 3.38. The SMILES string of the molecule is Nc1cc(Br)nc(Oc2ccc3c(c2)CCC3)n1. The van der Waals surface area contributed by atoms with E-state index in [0.29, 0.717) is 10.4 Å². The highest BCUT2D eigenvalue weighted by Crippen LogP contribution is 2.28. The number of aromatic nitrogens is 2. The maximum atomic E-state index is 5.64. The summed E-state index contributed by atoms with van der Waals surface area (Å²) in [5, 5.41) is 0. The van der Waals surface area contributed by atoms with Crippen LogP contribution in [0.15, 0.2) is 28.9 Å². The molecule has 0 bridgehead atoms. The molecule has 0 fully saturated rings. The summed E-state index contributed by atoms with van der Waals surface area (Å²) < 4.78 is 6.25. The van der Waals surface area contributed by atoms with Gasteiger partial charge in [0.1, 0.15) is 16.2 Å². The van der Waals surface area contributed by atoms with E-state index in [1.165, 1.54) is 17.5 Å². The Morgan fingerprint density at radius 3 is 2.78 bits per heavy atom. The van der Waals surface area contributed by atoms with E-state index in [2.05, 4.69) is 38.0 Å². The van der Waals surface area contributed by atoms with E-state index in [-0.39, 0.29) is 6.01 Å². The standard InChI is InChI=1S/C13H12BrN3O/c14-11-7-12(15)17-13(16-11)18-10-5-4-8-2-1-3-9(8)6-10/h4-7H,1-3H2,(H2,15,16,17). The number of aryl methyl sites for hydroxylation is 2. The molecule has 92 valence electrons. The Morgan fingerprint density at radius 1 is 1.11 bits per heavy atom. The average Bonchev–Trinajstić information content (AvgIpc) is 2.74. The van der Waals surface area contributed by atoms with Crippen molar-refractivity contribution in [3.63, 3.8) is 0 Å². The zero-order chi connectivity index (χ0) is 12.5. The number of nitrogens with two attached hydrogens (primary N) is 1. The van der Waals surface area contributed by atoms with Gasteiger partial charge in [0, 0.05) is 6.07 Å². The lowest BCUT2D eigenvalue weighted by molar-refractivity contribution is 0.441. The molecule has 0 aliphatic heterocycles. The highest BCUT2D eigenvalue weighted by molar-refractivity contribution is 9.10. The summed E-state index contributed by atoms with van der Waals surface area (Å²) in [6.07, 6.45) is 3.50. The molecule has 2 N–H and O–H groups in total. The van der Waals surface area contributed by atoms with Gasteiger partial charge >= 0.3 is 6.01 Å². The van der Waals surface area contributed by atoms with Gasteiger partial charge in [0.2, 0.25) is 0 Å². The van der Waals surface area contributed by atoms with Crippen LogP contribution in [0.2, 0.25) is 0 Å². The van der Waals surface area contributed by atoms with Gasteiger partial charge in [0.25, 0.3) is 0 Å².